The van der Waals surface area contributed by atoms with Gasteiger partial charge in [0.25, 0.3) is 5.91 Å². The minimum absolute atomic E-state index is 0.0235. The molecular formula is C26H37ClN4O2. The van der Waals surface area contributed by atoms with Gasteiger partial charge in [-0.2, -0.15) is 0 Å². The highest BCUT2D eigenvalue weighted by molar-refractivity contribution is 6.33. The van der Waals surface area contributed by atoms with Crippen molar-refractivity contribution in [2.75, 3.05) is 24.3 Å². The van der Waals surface area contributed by atoms with Gasteiger partial charge in [-0.1, -0.05) is 37.6 Å². The first-order chi connectivity index (χ1) is 15.3. The molecule has 0 fully saturated rings. The third-order valence-electron chi connectivity index (χ3n) is 5.47. The van der Waals surface area contributed by atoms with Gasteiger partial charge in [-0.05, 0) is 69.5 Å². The minimum Gasteiger partial charge on any atom is -0.377 e. The van der Waals surface area contributed by atoms with Crippen LogP contribution in [0.5, 0.6) is 0 Å². The summed E-state index contributed by atoms with van der Waals surface area (Å²) in [4.78, 5) is 29.8. The number of anilines is 2. The minimum atomic E-state index is -0.346. The molecule has 2 N–H and O–H groups in total. The molecule has 1 atom stereocenters. The molecule has 0 aromatic heterocycles. The second kappa shape index (κ2) is 10.9. The van der Waals surface area contributed by atoms with E-state index < -0.39 is 0 Å². The number of rotatable bonds is 7. The summed E-state index contributed by atoms with van der Waals surface area (Å²) >= 11 is 6.36. The van der Waals surface area contributed by atoms with E-state index in [-0.39, 0.29) is 29.4 Å². The van der Waals surface area contributed by atoms with Crippen LogP contribution in [0.25, 0.3) is 0 Å². The summed E-state index contributed by atoms with van der Waals surface area (Å²) in [5.74, 6) is 0.133. The molecule has 180 valence electrons. The van der Waals surface area contributed by atoms with Crippen molar-refractivity contribution in [2.45, 2.75) is 59.7 Å². The first-order valence-electron chi connectivity index (χ1n) is 11.2. The molecule has 0 aliphatic heterocycles. The number of carbonyl (C=O) groups is 2. The molecule has 0 bridgehead atoms. The Kier molecular flexibility index (Phi) is 8.78. The van der Waals surface area contributed by atoms with Gasteiger partial charge in [0.15, 0.2) is 0 Å². The van der Waals surface area contributed by atoms with Gasteiger partial charge >= 0.3 is 6.03 Å². The Morgan fingerprint density at radius 1 is 1.03 bits per heavy atom. The van der Waals surface area contributed by atoms with E-state index in [2.05, 4.69) is 24.5 Å². The quantitative estimate of drug-likeness (QED) is 0.518. The normalized spacial score (nSPS) is 12.3. The van der Waals surface area contributed by atoms with Crippen LogP contribution < -0.4 is 15.5 Å². The number of amides is 3. The van der Waals surface area contributed by atoms with Gasteiger partial charge < -0.3 is 20.4 Å². The van der Waals surface area contributed by atoms with Gasteiger partial charge in [0, 0.05) is 43.6 Å². The summed E-state index contributed by atoms with van der Waals surface area (Å²) in [6.07, 6.45) is 0. The topological polar surface area (TPSA) is 64.7 Å². The maximum absolute atomic E-state index is 13.6. The lowest BCUT2D eigenvalue weighted by molar-refractivity contribution is 0.0628. The Labute approximate surface area is 203 Å². The molecular weight excluding hydrogens is 436 g/mol. The van der Waals surface area contributed by atoms with Crippen molar-refractivity contribution in [2.24, 2.45) is 5.92 Å². The predicted molar refractivity (Wildman–Crippen MR) is 138 cm³/mol. The van der Waals surface area contributed by atoms with E-state index in [0.29, 0.717) is 22.8 Å². The molecule has 6 nitrogen and oxygen atoms in total. The lowest BCUT2D eigenvalue weighted by atomic mass is 10.0. The number of nitrogens with zero attached hydrogens (tertiary/aromatic N) is 2. The van der Waals surface area contributed by atoms with Gasteiger partial charge in [-0.3, -0.25) is 4.79 Å². The molecule has 2 aromatic rings. The Balaban J connectivity index is 2.44. The van der Waals surface area contributed by atoms with E-state index in [1.807, 2.05) is 81.9 Å². The van der Waals surface area contributed by atoms with Crippen molar-refractivity contribution >= 4 is 34.9 Å². The van der Waals surface area contributed by atoms with Crippen molar-refractivity contribution in [3.05, 3.63) is 58.6 Å². The molecule has 7 heteroatoms. The van der Waals surface area contributed by atoms with Crippen LogP contribution in [0.3, 0.4) is 0 Å². The number of nitrogens with one attached hydrogen (secondary N) is 2. The monoisotopic (exact) mass is 472 g/mol. The van der Waals surface area contributed by atoms with Crippen molar-refractivity contribution in [1.82, 2.24) is 10.2 Å². The van der Waals surface area contributed by atoms with Gasteiger partial charge in [-0.15, -0.1) is 0 Å². The maximum atomic E-state index is 13.6. The average molecular weight is 473 g/mol. The molecule has 2 aromatic carbocycles. The van der Waals surface area contributed by atoms with E-state index in [4.69, 9.17) is 11.6 Å². The molecule has 1 unspecified atom stereocenters. The fraction of sp³-hybridized carbons (Fsp3) is 0.462. The SMILES string of the molecule is CC(C)C(C)N(Cc1cc(NC(=O)NC(C)(C)C)ccc1N(C)C)C(=O)c1ccccc1Cl. The summed E-state index contributed by atoms with van der Waals surface area (Å²) in [5.41, 5.74) is 2.71. The lowest BCUT2D eigenvalue weighted by Gasteiger charge is -2.33. The molecule has 33 heavy (non-hydrogen) atoms. The Bertz CT molecular complexity index is 982. The van der Waals surface area contributed by atoms with Crippen molar-refractivity contribution < 1.29 is 9.59 Å². The lowest BCUT2D eigenvalue weighted by Crippen LogP contribution is -2.43. The predicted octanol–water partition coefficient (Wildman–Crippen LogP) is 6.01. The summed E-state index contributed by atoms with van der Waals surface area (Å²) in [7, 11) is 3.93. The molecule has 0 aliphatic carbocycles. The zero-order chi connectivity index (χ0) is 24.9. The number of benzene rings is 2. The number of hydrogen-bond donors (Lipinski definition) is 2. The van der Waals surface area contributed by atoms with Crippen LogP contribution in [-0.2, 0) is 6.54 Å². The molecule has 0 heterocycles. The van der Waals surface area contributed by atoms with E-state index in [0.717, 1.165) is 11.3 Å². The Morgan fingerprint density at radius 2 is 1.67 bits per heavy atom. The number of hydrogen-bond acceptors (Lipinski definition) is 3. The third-order valence-corrected chi connectivity index (χ3v) is 5.80. The largest absolute Gasteiger partial charge is 0.377 e. The van der Waals surface area contributed by atoms with Crippen molar-refractivity contribution in [1.29, 1.82) is 0 Å². The number of urea groups is 1. The summed E-state index contributed by atoms with van der Waals surface area (Å²) in [5, 5.41) is 6.25. The highest BCUT2D eigenvalue weighted by Gasteiger charge is 2.26. The van der Waals surface area contributed by atoms with E-state index in [1.165, 1.54) is 0 Å². The molecule has 0 saturated carbocycles. The smallest absolute Gasteiger partial charge is 0.319 e. The van der Waals surface area contributed by atoms with Crippen molar-refractivity contribution in [3.63, 3.8) is 0 Å². The zero-order valence-electron chi connectivity index (χ0n) is 21.0. The average Bonchev–Trinajstić information content (AvgIpc) is 2.69. The van der Waals surface area contributed by atoms with Gasteiger partial charge in [-0.25, -0.2) is 4.79 Å². The van der Waals surface area contributed by atoms with E-state index in [1.54, 1.807) is 12.1 Å². The van der Waals surface area contributed by atoms with Gasteiger partial charge in [0.1, 0.15) is 0 Å². The second-order valence-electron chi connectivity index (χ2n) is 9.96. The first-order valence-corrected chi connectivity index (χ1v) is 11.6. The highest BCUT2D eigenvalue weighted by atomic mass is 35.5. The number of carbonyl (C=O) groups excluding carboxylic acids is 2. The van der Waals surface area contributed by atoms with Crippen LogP contribution in [0.1, 0.15) is 57.5 Å². The van der Waals surface area contributed by atoms with Crippen LogP contribution >= 0.6 is 11.6 Å². The fourth-order valence-electron chi connectivity index (χ4n) is 3.46. The molecule has 0 spiro atoms. The summed E-state index contributed by atoms with van der Waals surface area (Å²) in [6.45, 7) is 12.4. The van der Waals surface area contributed by atoms with Crippen molar-refractivity contribution in [3.8, 4) is 0 Å². The first kappa shape index (κ1) is 26.5. The Morgan fingerprint density at radius 3 is 2.21 bits per heavy atom. The van der Waals surface area contributed by atoms with Gasteiger partial charge in [0.05, 0.1) is 10.6 Å². The molecule has 0 radical (unpaired) electrons. The fourth-order valence-corrected chi connectivity index (χ4v) is 3.68. The van der Waals surface area contributed by atoms with Crippen LogP contribution in [0.2, 0.25) is 5.02 Å². The van der Waals surface area contributed by atoms with Crippen LogP contribution in [0, 0.1) is 5.92 Å². The molecule has 0 aliphatic rings. The maximum Gasteiger partial charge on any atom is 0.319 e. The molecule has 3 amide bonds. The molecule has 2 rings (SSSR count). The van der Waals surface area contributed by atoms with E-state index in [9.17, 15) is 9.59 Å². The standard InChI is InChI=1S/C26H37ClN4O2/c1-17(2)18(3)31(24(32)21-11-9-10-12-22(21)27)16-19-15-20(13-14-23(19)30(7)8)28-25(33)29-26(4,5)6/h9-15,17-18H,16H2,1-8H3,(H2,28,29,33). The van der Waals surface area contributed by atoms with Crippen LogP contribution in [0.4, 0.5) is 16.2 Å². The summed E-state index contributed by atoms with van der Waals surface area (Å²) < 4.78 is 0. The summed E-state index contributed by atoms with van der Waals surface area (Å²) in [6, 6.07) is 12.6. The number of halogens is 1. The van der Waals surface area contributed by atoms with Gasteiger partial charge in [0.2, 0.25) is 0 Å². The van der Waals surface area contributed by atoms with Crippen LogP contribution in [0.15, 0.2) is 42.5 Å². The van der Waals surface area contributed by atoms with E-state index >= 15 is 0 Å². The zero-order valence-corrected chi connectivity index (χ0v) is 21.7. The molecule has 0 saturated heterocycles. The highest BCUT2D eigenvalue weighted by Crippen LogP contribution is 2.28. The Hall–Kier alpha value is -2.73. The third kappa shape index (κ3) is 7.39. The second-order valence-corrected chi connectivity index (χ2v) is 10.4. The van der Waals surface area contributed by atoms with Crippen LogP contribution in [-0.4, -0.2) is 42.5 Å².